The van der Waals surface area contributed by atoms with Crippen LogP contribution in [0.4, 0.5) is 10.1 Å². The van der Waals surface area contributed by atoms with E-state index < -0.39 is 0 Å². The van der Waals surface area contributed by atoms with E-state index in [4.69, 9.17) is 5.11 Å². The van der Waals surface area contributed by atoms with Crippen molar-refractivity contribution < 1.29 is 9.50 Å². The fraction of sp³-hybridized carbons (Fsp3) is 0.250. The highest BCUT2D eigenvalue weighted by Crippen LogP contribution is 2.18. The highest BCUT2D eigenvalue weighted by atomic mass is 79.9. The van der Waals surface area contributed by atoms with Gasteiger partial charge >= 0.3 is 0 Å². The third kappa shape index (κ3) is 4.32. The third-order valence-corrected chi connectivity index (χ3v) is 3.54. The van der Waals surface area contributed by atoms with Crippen molar-refractivity contribution in [3.8, 4) is 0 Å². The van der Waals surface area contributed by atoms with E-state index in [0.717, 1.165) is 23.0 Å². The zero-order valence-corrected chi connectivity index (χ0v) is 12.7. The zero-order chi connectivity index (χ0) is 14.4. The highest BCUT2D eigenvalue weighted by Gasteiger charge is 2.03. The van der Waals surface area contributed by atoms with E-state index in [1.54, 1.807) is 6.07 Å². The van der Waals surface area contributed by atoms with Gasteiger partial charge in [0.05, 0.1) is 0 Å². The number of hydrogen-bond acceptors (Lipinski definition) is 2. The minimum Gasteiger partial charge on any atom is -0.396 e. The Hall–Kier alpha value is -1.39. The van der Waals surface area contributed by atoms with Crippen LogP contribution in [0.25, 0.3) is 0 Å². The van der Waals surface area contributed by atoms with Crippen molar-refractivity contribution in [2.24, 2.45) is 0 Å². The first-order valence-corrected chi connectivity index (χ1v) is 7.36. The second-order valence-corrected chi connectivity index (χ2v) is 5.53. The monoisotopic (exact) mass is 337 g/mol. The molecule has 0 heterocycles. The molecular weight excluding hydrogens is 321 g/mol. The van der Waals surface area contributed by atoms with Crippen LogP contribution in [-0.2, 0) is 13.0 Å². The largest absolute Gasteiger partial charge is 0.396 e. The van der Waals surface area contributed by atoms with Crippen LogP contribution in [0.2, 0.25) is 0 Å². The maximum atomic E-state index is 13.7. The number of aliphatic hydroxyl groups is 1. The average Bonchev–Trinajstić information content (AvgIpc) is 2.45. The van der Waals surface area contributed by atoms with Crippen LogP contribution in [0.5, 0.6) is 0 Å². The van der Waals surface area contributed by atoms with Crippen molar-refractivity contribution >= 4 is 21.6 Å². The van der Waals surface area contributed by atoms with E-state index in [9.17, 15) is 4.39 Å². The number of halogens is 2. The molecule has 0 aliphatic heterocycles. The standard InChI is InChI=1S/C16H17BrFNO/c17-14-7-6-13(16(18)10-14)11-19-15-5-1-3-12(9-15)4-2-8-20/h1,3,5-7,9-10,19-20H,2,4,8,11H2. The van der Waals surface area contributed by atoms with E-state index in [1.165, 1.54) is 11.6 Å². The van der Waals surface area contributed by atoms with Gasteiger partial charge in [-0.1, -0.05) is 34.1 Å². The molecule has 2 aromatic carbocycles. The van der Waals surface area contributed by atoms with Crippen LogP contribution in [0, 0.1) is 5.82 Å². The summed E-state index contributed by atoms with van der Waals surface area (Å²) in [7, 11) is 0. The fourth-order valence-electron chi connectivity index (χ4n) is 1.98. The summed E-state index contributed by atoms with van der Waals surface area (Å²) in [5.74, 6) is -0.219. The lowest BCUT2D eigenvalue weighted by molar-refractivity contribution is 0.288. The predicted molar refractivity (Wildman–Crippen MR) is 83.3 cm³/mol. The van der Waals surface area contributed by atoms with Gasteiger partial charge in [-0.25, -0.2) is 4.39 Å². The third-order valence-electron chi connectivity index (χ3n) is 3.05. The van der Waals surface area contributed by atoms with Crippen molar-refractivity contribution in [2.75, 3.05) is 11.9 Å². The Kier molecular flexibility index (Phi) is 5.56. The summed E-state index contributed by atoms with van der Waals surface area (Å²) in [6.07, 6.45) is 1.60. The molecule has 0 saturated carbocycles. The molecule has 0 unspecified atom stereocenters. The summed E-state index contributed by atoms with van der Waals surface area (Å²) in [4.78, 5) is 0. The van der Waals surface area contributed by atoms with Gasteiger partial charge in [-0.15, -0.1) is 0 Å². The lowest BCUT2D eigenvalue weighted by Gasteiger charge is -2.09. The first-order valence-electron chi connectivity index (χ1n) is 6.56. The van der Waals surface area contributed by atoms with E-state index in [2.05, 4.69) is 21.2 Å². The molecule has 106 valence electrons. The van der Waals surface area contributed by atoms with Crippen molar-refractivity contribution in [3.63, 3.8) is 0 Å². The normalized spacial score (nSPS) is 10.6. The molecule has 2 nitrogen and oxygen atoms in total. The molecule has 4 heteroatoms. The summed E-state index contributed by atoms with van der Waals surface area (Å²) in [6.45, 7) is 0.643. The number of hydrogen-bond donors (Lipinski definition) is 2. The van der Waals surface area contributed by atoms with E-state index >= 15 is 0 Å². The Morgan fingerprint density at radius 3 is 2.75 bits per heavy atom. The van der Waals surface area contributed by atoms with Crippen LogP contribution < -0.4 is 5.32 Å². The molecule has 0 fully saturated rings. The molecule has 0 amide bonds. The molecule has 0 saturated heterocycles. The predicted octanol–water partition coefficient (Wildman–Crippen LogP) is 4.13. The lowest BCUT2D eigenvalue weighted by atomic mass is 10.1. The Morgan fingerprint density at radius 2 is 2.00 bits per heavy atom. The van der Waals surface area contributed by atoms with E-state index in [1.807, 2.05) is 30.3 Å². The average molecular weight is 338 g/mol. The Bertz CT molecular complexity index is 574. The number of benzene rings is 2. The summed E-state index contributed by atoms with van der Waals surface area (Å²) in [6, 6.07) is 13.0. The minimum atomic E-state index is -0.219. The molecular formula is C16H17BrFNO. The maximum absolute atomic E-state index is 13.7. The molecule has 0 radical (unpaired) electrons. The van der Waals surface area contributed by atoms with Crippen molar-refractivity contribution in [1.29, 1.82) is 0 Å². The Labute approximate surface area is 126 Å². The van der Waals surface area contributed by atoms with Crippen molar-refractivity contribution in [1.82, 2.24) is 0 Å². The molecule has 0 spiro atoms. The lowest BCUT2D eigenvalue weighted by Crippen LogP contribution is -2.02. The fourth-order valence-corrected chi connectivity index (χ4v) is 2.32. The zero-order valence-electron chi connectivity index (χ0n) is 11.1. The molecule has 0 aromatic heterocycles. The molecule has 2 rings (SSSR count). The number of rotatable bonds is 6. The molecule has 2 N–H and O–H groups in total. The topological polar surface area (TPSA) is 32.3 Å². The van der Waals surface area contributed by atoms with Crippen molar-refractivity contribution in [3.05, 3.63) is 63.9 Å². The quantitative estimate of drug-likeness (QED) is 0.830. The van der Waals surface area contributed by atoms with Gasteiger partial charge in [0, 0.05) is 28.9 Å². The summed E-state index contributed by atoms with van der Waals surface area (Å²) in [5.41, 5.74) is 2.76. The molecule has 0 atom stereocenters. The van der Waals surface area contributed by atoms with Gasteiger partial charge in [-0.3, -0.25) is 0 Å². The number of aliphatic hydroxyl groups excluding tert-OH is 1. The van der Waals surface area contributed by atoms with Crippen LogP contribution >= 0.6 is 15.9 Å². The van der Waals surface area contributed by atoms with Gasteiger partial charge in [-0.05, 0) is 42.7 Å². The van der Waals surface area contributed by atoms with Crippen LogP contribution in [0.15, 0.2) is 46.9 Å². The summed E-state index contributed by atoms with van der Waals surface area (Å²) in [5, 5.41) is 12.1. The van der Waals surface area contributed by atoms with Crippen LogP contribution in [0.1, 0.15) is 17.5 Å². The summed E-state index contributed by atoms with van der Waals surface area (Å²) >= 11 is 3.25. The van der Waals surface area contributed by atoms with Gasteiger partial charge < -0.3 is 10.4 Å². The van der Waals surface area contributed by atoms with Gasteiger partial charge in [0.25, 0.3) is 0 Å². The number of nitrogens with one attached hydrogen (secondary N) is 1. The second kappa shape index (κ2) is 7.41. The van der Waals surface area contributed by atoms with Gasteiger partial charge in [0.15, 0.2) is 0 Å². The van der Waals surface area contributed by atoms with E-state index in [0.29, 0.717) is 12.1 Å². The molecule has 0 aliphatic rings. The number of anilines is 1. The van der Waals surface area contributed by atoms with Crippen LogP contribution in [0.3, 0.4) is 0 Å². The van der Waals surface area contributed by atoms with Gasteiger partial charge in [0.2, 0.25) is 0 Å². The highest BCUT2D eigenvalue weighted by molar-refractivity contribution is 9.10. The Morgan fingerprint density at radius 1 is 1.15 bits per heavy atom. The first-order chi connectivity index (χ1) is 9.69. The SMILES string of the molecule is OCCCc1cccc(NCc2ccc(Br)cc2F)c1. The first kappa shape index (κ1) is 15.0. The van der Waals surface area contributed by atoms with Crippen molar-refractivity contribution in [2.45, 2.75) is 19.4 Å². The van der Waals surface area contributed by atoms with Gasteiger partial charge in [0.1, 0.15) is 5.82 Å². The second-order valence-electron chi connectivity index (χ2n) is 4.62. The maximum Gasteiger partial charge on any atom is 0.129 e. The smallest absolute Gasteiger partial charge is 0.129 e. The summed E-state index contributed by atoms with van der Waals surface area (Å²) < 4.78 is 14.4. The van der Waals surface area contributed by atoms with Gasteiger partial charge in [-0.2, -0.15) is 0 Å². The number of aryl methyl sites for hydroxylation is 1. The Balaban J connectivity index is 1.99. The minimum absolute atomic E-state index is 0.196. The molecule has 2 aromatic rings. The molecule has 0 aliphatic carbocycles. The molecule has 20 heavy (non-hydrogen) atoms. The molecule has 0 bridgehead atoms. The van der Waals surface area contributed by atoms with Crippen LogP contribution in [-0.4, -0.2) is 11.7 Å². The van der Waals surface area contributed by atoms with E-state index in [-0.39, 0.29) is 12.4 Å².